The Morgan fingerprint density at radius 1 is 0.360 bits per heavy atom. The third kappa shape index (κ3) is 4.52. The van der Waals surface area contributed by atoms with Gasteiger partial charge in [0.1, 0.15) is 0 Å². The lowest BCUT2D eigenvalue weighted by Gasteiger charge is -2.11. The third-order valence-electron chi connectivity index (χ3n) is 8.95. The van der Waals surface area contributed by atoms with E-state index in [1.165, 1.54) is 0 Å². The predicted octanol–water partition coefficient (Wildman–Crippen LogP) is 11.1. The van der Waals surface area contributed by atoms with Gasteiger partial charge in [-0.05, 0) is 60.7 Å². The zero-order valence-electron chi connectivity index (χ0n) is 36.2. The number of para-hydroxylation sites is 3. The fourth-order valence-corrected chi connectivity index (χ4v) is 6.78. The highest BCUT2D eigenvalue weighted by molar-refractivity contribution is 6.19. The molecule has 5 heteroatoms. The number of hydrogen-bond donors (Lipinski definition) is 0. The minimum atomic E-state index is -0.603. The lowest BCUT2D eigenvalue weighted by molar-refractivity contribution is 1.07. The Bertz CT molecular complexity index is 3290. The van der Waals surface area contributed by atoms with Crippen LogP contribution in [0.15, 0.2) is 176 Å². The van der Waals surface area contributed by atoms with Gasteiger partial charge >= 0.3 is 0 Å². The lowest BCUT2D eigenvalue weighted by atomic mass is 10.1. The zero-order chi connectivity index (χ0) is 41.7. The number of fused-ring (bicyclic) bond motifs is 6. The van der Waals surface area contributed by atoms with Gasteiger partial charge in [-0.25, -0.2) is 15.0 Å². The molecular formula is C45H29N5. The minimum Gasteiger partial charge on any atom is -0.309 e. The van der Waals surface area contributed by atoms with E-state index >= 15 is 0 Å². The Balaban J connectivity index is 1.19. The SMILES string of the molecule is [2H]c1c([2H])c([2H])c(-c2nc(-c3ccc(-n4c5ccccc5c5cc6c7ccccc7n(-c7ccccc7)c6cc54)cc3)nc(-c3c([2H])c([2H])c([2H])c([2H])c3[2H])n2)c([2H])c1[2H]. The second-order valence-electron chi connectivity index (χ2n) is 11.8. The summed E-state index contributed by atoms with van der Waals surface area (Å²) in [6.07, 6.45) is 0. The summed E-state index contributed by atoms with van der Waals surface area (Å²) in [5.74, 6) is -0.636. The van der Waals surface area contributed by atoms with Crippen LogP contribution < -0.4 is 0 Å². The maximum absolute atomic E-state index is 8.65. The van der Waals surface area contributed by atoms with E-state index in [0.717, 1.165) is 55.0 Å². The first kappa shape index (κ1) is 19.8. The van der Waals surface area contributed by atoms with Crippen molar-refractivity contribution in [1.29, 1.82) is 0 Å². The third-order valence-corrected chi connectivity index (χ3v) is 8.95. The van der Waals surface area contributed by atoms with Crippen LogP contribution in [0.5, 0.6) is 0 Å². The van der Waals surface area contributed by atoms with Crippen molar-refractivity contribution in [2.24, 2.45) is 0 Å². The van der Waals surface area contributed by atoms with Crippen molar-refractivity contribution in [1.82, 2.24) is 24.1 Å². The second-order valence-corrected chi connectivity index (χ2v) is 11.8. The molecule has 0 atom stereocenters. The number of nitrogens with zero attached hydrogens (tertiary/aromatic N) is 5. The normalized spacial score (nSPS) is 14.4. The number of hydrogen-bond acceptors (Lipinski definition) is 3. The molecule has 0 radical (unpaired) electrons. The topological polar surface area (TPSA) is 48.5 Å². The van der Waals surface area contributed by atoms with Gasteiger partial charge in [0.2, 0.25) is 0 Å². The van der Waals surface area contributed by atoms with Crippen molar-refractivity contribution in [2.75, 3.05) is 0 Å². The van der Waals surface area contributed by atoms with Gasteiger partial charge in [-0.1, -0.05) is 115 Å². The van der Waals surface area contributed by atoms with Crippen molar-refractivity contribution in [3.63, 3.8) is 0 Å². The molecule has 5 nitrogen and oxygen atoms in total. The van der Waals surface area contributed by atoms with Crippen LogP contribution in [-0.2, 0) is 0 Å². The first-order valence-corrected chi connectivity index (χ1v) is 16.0. The largest absolute Gasteiger partial charge is 0.309 e. The maximum Gasteiger partial charge on any atom is 0.164 e. The van der Waals surface area contributed by atoms with E-state index in [4.69, 9.17) is 13.7 Å². The Morgan fingerprint density at radius 3 is 1.32 bits per heavy atom. The fourth-order valence-electron chi connectivity index (χ4n) is 6.78. The van der Waals surface area contributed by atoms with E-state index in [2.05, 4.69) is 78.7 Å². The average Bonchev–Trinajstić information content (AvgIpc) is 3.77. The summed E-state index contributed by atoms with van der Waals surface area (Å²) in [4.78, 5) is 13.6. The molecule has 0 saturated heterocycles. The van der Waals surface area contributed by atoms with Crippen LogP contribution in [0.3, 0.4) is 0 Å². The zero-order valence-corrected chi connectivity index (χ0v) is 26.2. The molecule has 0 aliphatic rings. The summed E-state index contributed by atoms with van der Waals surface area (Å²) in [6.45, 7) is 0. The van der Waals surface area contributed by atoms with Crippen molar-refractivity contribution < 1.29 is 13.7 Å². The summed E-state index contributed by atoms with van der Waals surface area (Å²) in [5, 5.41) is 4.41. The molecule has 0 bridgehead atoms. The summed E-state index contributed by atoms with van der Waals surface area (Å²) >= 11 is 0. The molecule has 0 spiro atoms. The van der Waals surface area contributed by atoms with Gasteiger partial charge < -0.3 is 9.13 Å². The van der Waals surface area contributed by atoms with Crippen molar-refractivity contribution in [3.05, 3.63) is 176 Å². The van der Waals surface area contributed by atoms with Gasteiger partial charge in [-0.3, -0.25) is 0 Å². The van der Waals surface area contributed by atoms with Crippen molar-refractivity contribution in [3.8, 4) is 45.5 Å². The Labute approximate surface area is 302 Å². The smallest absolute Gasteiger partial charge is 0.164 e. The van der Waals surface area contributed by atoms with E-state index in [1.807, 2.05) is 48.5 Å². The van der Waals surface area contributed by atoms with E-state index < -0.39 is 60.4 Å². The summed E-state index contributed by atoms with van der Waals surface area (Å²) in [6, 6.07) is 32.8. The Morgan fingerprint density at radius 2 is 0.800 bits per heavy atom. The van der Waals surface area contributed by atoms with Gasteiger partial charge in [-0.15, -0.1) is 0 Å². The Hall–Kier alpha value is -6.85. The minimum absolute atomic E-state index is 0.00326. The van der Waals surface area contributed by atoms with E-state index in [1.54, 1.807) is 12.1 Å². The quantitative estimate of drug-likeness (QED) is 0.186. The molecule has 0 aliphatic heterocycles. The molecule has 3 aromatic heterocycles. The maximum atomic E-state index is 8.65. The molecule has 7 aromatic carbocycles. The molecule has 0 amide bonds. The van der Waals surface area contributed by atoms with Gasteiger partial charge in [0.15, 0.2) is 17.5 Å². The van der Waals surface area contributed by atoms with Gasteiger partial charge in [-0.2, -0.15) is 0 Å². The first-order chi connectivity index (χ1) is 28.9. The highest BCUT2D eigenvalue weighted by Gasteiger charge is 2.19. The number of rotatable bonds is 5. The molecule has 0 N–H and O–H groups in total. The van der Waals surface area contributed by atoms with Crippen LogP contribution in [0.1, 0.15) is 13.7 Å². The van der Waals surface area contributed by atoms with Gasteiger partial charge in [0.05, 0.1) is 35.8 Å². The molecule has 10 rings (SSSR count). The van der Waals surface area contributed by atoms with Crippen LogP contribution in [0.4, 0.5) is 0 Å². The number of aromatic nitrogens is 5. The summed E-state index contributed by atoms with van der Waals surface area (Å²) in [7, 11) is 0. The van der Waals surface area contributed by atoms with Crippen LogP contribution >= 0.6 is 0 Å². The van der Waals surface area contributed by atoms with Gasteiger partial charge in [0, 0.05) is 49.6 Å². The first-order valence-electron chi connectivity index (χ1n) is 21.0. The molecule has 0 unspecified atom stereocenters. The summed E-state index contributed by atoms with van der Waals surface area (Å²) < 4.78 is 88.4. The molecule has 50 heavy (non-hydrogen) atoms. The van der Waals surface area contributed by atoms with Crippen LogP contribution in [-0.4, -0.2) is 24.1 Å². The molecular weight excluding hydrogens is 611 g/mol. The van der Waals surface area contributed by atoms with E-state index in [-0.39, 0.29) is 28.6 Å². The molecule has 0 saturated carbocycles. The monoisotopic (exact) mass is 649 g/mol. The van der Waals surface area contributed by atoms with Crippen LogP contribution in [0.2, 0.25) is 0 Å². The lowest BCUT2D eigenvalue weighted by Crippen LogP contribution is -2.00. The fraction of sp³-hybridized carbons (Fsp3) is 0. The van der Waals surface area contributed by atoms with Gasteiger partial charge in [0.25, 0.3) is 0 Å². The molecule has 3 heterocycles. The standard InChI is InChI=1S/C45H29N5/c1-4-14-30(15-5-1)43-46-44(31-16-6-2-7-17-31)48-45(47-43)32-24-26-34(27-25-32)50-40-23-13-11-21-36(40)38-28-37-35-20-10-12-22-39(35)49(41(37)29-42(38)50)33-18-8-3-9-19-33/h1-29H/i1D,2D,4D,5D,6D,7D,14D,15D,16D,17D. The van der Waals surface area contributed by atoms with Crippen molar-refractivity contribution >= 4 is 43.6 Å². The molecule has 0 fully saturated rings. The molecule has 10 aromatic rings. The highest BCUT2D eigenvalue weighted by Crippen LogP contribution is 2.39. The van der Waals surface area contributed by atoms with Crippen molar-refractivity contribution in [2.45, 2.75) is 0 Å². The molecule has 234 valence electrons. The van der Waals surface area contributed by atoms with Crippen LogP contribution in [0, 0.1) is 0 Å². The predicted molar refractivity (Wildman–Crippen MR) is 205 cm³/mol. The van der Waals surface area contributed by atoms with E-state index in [0.29, 0.717) is 5.56 Å². The highest BCUT2D eigenvalue weighted by atomic mass is 15.0. The molecule has 0 aliphatic carbocycles. The second kappa shape index (κ2) is 11.4. The number of benzene rings is 7. The summed E-state index contributed by atoms with van der Waals surface area (Å²) in [5.41, 5.74) is 5.75. The Kier molecular flexibility index (Phi) is 4.52. The van der Waals surface area contributed by atoms with Crippen LogP contribution in [0.25, 0.3) is 89.2 Å². The van der Waals surface area contributed by atoms with E-state index in [9.17, 15) is 0 Å². The average molecular weight is 650 g/mol.